The van der Waals surface area contributed by atoms with E-state index >= 15 is 0 Å². The van der Waals surface area contributed by atoms with Crippen LogP contribution in [0.4, 0.5) is 0 Å². The molecule has 9 heteroatoms. The molecule has 0 aromatic carbocycles. The monoisotopic (exact) mass is 299 g/mol. The Morgan fingerprint density at radius 1 is 1.55 bits per heavy atom. The van der Waals surface area contributed by atoms with Gasteiger partial charge in [-0.2, -0.15) is 4.72 Å². The van der Waals surface area contributed by atoms with E-state index in [-0.39, 0.29) is 16.5 Å². The number of aromatic amines is 1. The number of carboxylic acids is 1. The lowest BCUT2D eigenvalue weighted by Gasteiger charge is -2.09. The van der Waals surface area contributed by atoms with E-state index in [1.165, 1.54) is 6.20 Å². The van der Waals surface area contributed by atoms with Crippen LogP contribution >= 0.6 is 0 Å². The first-order valence-electron chi connectivity index (χ1n) is 5.66. The number of carboxylic acid groups (broad SMARTS) is 1. The highest BCUT2D eigenvalue weighted by molar-refractivity contribution is 7.89. The Balaban J connectivity index is 2.20. The van der Waals surface area contributed by atoms with Crippen LogP contribution in [-0.4, -0.2) is 29.5 Å². The molecule has 108 valence electrons. The van der Waals surface area contributed by atoms with Crippen LogP contribution in [0.5, 0.6) is 0 Å². The van der Waals surface area contributed by atoms with E-state index in [0.717, 1.165) is 12.3 Å². The minimum atomic E-state index is -3.86. The molecule has 2 aromatic rings. The van der Waals surface area contributed by atoms with Crippen molar-refractivity contribution in [1.82, 2.24) is 14.7 Å². The Labute approximate surface area is 114 Å². The van der Waals surface area contributed by atoms with Crippen LogP contribution in [0.15, 0.2) is 27.8 Å². The fourth-order valence-electron chi connectivity index (χ4n) is 1.58. The molecule has 0 radical (unpaired) electrons. The maximum atomic E-state index is 12.1. The van der Waals surface area contributed by atoms with Gasteiger partial charge < -0.3 is 14.5 Å². The zero-order valence-corrected chi connectivity index (χ0v) is 11.6. The fraction of sp³-hybridized carbons (Fsp3) is 0.273. The van der Waals surface area contributed by atoms with E-state index < -0.39 is 22.0 Å². The van der Waals surface area contributed by atoms with Gasteiger partial charge in [-0.05, 0) is 19.9 Å². The standard InChI is InChI=1S/C11H13N3O5S/c1-6-4-13-10(19-6)7(2)14-20(17,18)8-3-9(11(15)16)12-5-8/h3-5,7,12,14H,1-2H3,(H,15,16). The average Bonchev–Trinajstić information content (AvgIpc) is 2.96. The van der Waals surface area contributed by atoms with E-state index in [0.29, 0.717) is 5.76 Å². The van der Waals surface area contributed by atoms with E-state index in [1.807, 2.05) is 0 Å². The van der Waals surface area contributed by atoms with Crippen molar-refractivity contribution in [3.63, 3.8) is 0 Å². The predicted molar refractivity (Wildman–Crippen MR) is 67.7 cm³/mol. The molecule has 1 atom stereocenters. The number of nitrogens with zero attached hydrogens (tertiary/aromatic N) is 1. The van der Waals surface area contributed by atoms with E-state index in [1.54, 1.807) is 13.8 Å². The molecule has 0 saturated carbocycles. The Morgan fingerprint density at radius 3 is 2.75 bits per heavy atom. The van der Waals surface area contributed by atoms with Gasteiger partial charge in [0.1, 0.15) is 16.3 Å². The zero-order chi connectivity index (χ0) is 14.9. The Bertz CT molecular complexity index is 731. The zero-order valence-electron chi connectivity index (χ0n) is 10.7. The topological polar surface area (TPSA) is 125 Å². The van der Waals surface area contributed by atoms with Crippen molar-refractivity contribution in [3.05, 3.63) is 35.8 Å². The van der Waals surface area contributed by atoms with Gasteiger partial charge in [-0.3, -0.25) is 0 Å². The van der Waals surface area contributed by atoms with Crippen molar-refractivity contribution in [3.8, 4) is 0 Å². The van der Waals surface area contributed by atoms with Gasteiger partial charge in [0.2, 0.25) is 15.9 Å². The molecule has 0 bridgehead atoms. The number of carbonyl (C=O) groups is 1. The predicted octanol–water partition coefficient (Wildman–Crippen LogP) is 1.05. The summed E-state index contributed by atoms with van der Waals surface area (Å²) >= 11 is 0. The number of sulfonamides is 1. The Hall–Kier alpha value is -2.13. The van der Waals surface area contributed by atoms with E-state index in [2.05, 4.69) is 14.7 Å². The largest absolute Gasteiger partial charge is 0.477 e. The normalized spacial score (nSPS) is 13.3. The molecule has 0 aliphatic rings. The summed E-state index contributed by atoms with van der Waals surface area (Å²) in [5.74, 6) is -0.427. The third kappa shape index (κ3) is 2.89. The number of hydrogen-bond donors (Lipinski definition) is 3. The molecular formula is C11H13N3O5S. The molecule has 2 aromatic heterocycles. The number of rotatable bonds is 5. The summed E-state index contributed by atoms with van der Waals surface area (Å²) < 4.78 is 31.7. The Morgan fingerprint density at radius 2 is 2.25 bits per heavy atom. The lowest BCUT2D eigenvalue weighted by Crippen LogP contribution is -2.26. The average molecular weight is 299 g/mol. The smallest absolute Gasteiger partial charge is 0.352 e. The number of aromatic carboxylic acids is 1. The minimum Gasteiger partial charge on any atom is -0.477 e. The fourth-order valence-corrected chi connectivity index (χ4v) is 2.77. The van der Waals surface area contributed by atoms with Crippen LogP contribution in [0, 0.1) is 6.92 Å². The minimum absolute atomic E-state index is 0.162. The summed E-state index contributed by atoms with van der Waals surface area (Å²) in [4.78, 5) is 16.9. The third-order valence-corrected chi connectivity index (χ3v) is 4.06. The van der Waals surface area contributed by atoms with Crippen molar-refractivity contribution >= 4 is 16.0 Å². The third-order valence-electron chi connectivity index (χ3n) is 2.54. The molecule has 2 heterocycles. The van der Waals surface area contributed by atoms with Gasteiger partial charge in [0.05, 0.1) is 12.2 Å². The van der Waals surface area contributed by atoms with Crippen LogP contribution in [-0.2, 0) is 10.0 Å². The highest BCUT2D eigenvalue weighted by Crippen LogP contribution is 2.17. The second kappa shape index (κ2) is 5.10. The van der Waals surface area contributed by atoms with Gasteiger partial charge in [0.25, 0.3) is 0 Å². The first kappa shape index (κ1) is 14.3. The van der Waals surface area contributed by atoms with Gasteiger partial charge in [0, 0.05) is 6.20 Å². The molecule has 0 aliphatic heterocycles. The van der Waals surface area contributed by atoms with Gasteiger partial charge in [0.15, 0.2) is 0 Å². The summed E-state index contributed by atoms with van der Waals surface area (Å²) in [6.07, 6.45) is 2.60. The molecule has 0 spiro atoms. The van der Waals surface area contributed by atoms with Crippen molar-refractivity contribution < 1.29 is 22.7 Å². The number of aryl methyl sites for hydroxylation is 1. The van der Waals surface area contributed by atoms with Gasteiger partial charge in [-0.1, -0.05) is 0 Å². The highest BCUT2D eigenvalue weighted by atomic mass is 32.2. The number of aromatic nitrogens is 2. The van der Waals surface area contributed by atoms with Crippen molar-refractivity contribution in [1.29, 1.82) is 0 Å². The molecule has 0 fully saturated rings. The summed E-state index contributed by atoms with van der Waals surface area (Å²) in [7, 11) is -3.86. The van der Waals surface area contributed by atoms with Crippen LogP contribution < -0.4 is 4.72 Å². The summed E-state index contributed by atoms with van der Waals surface area (Å²) in [5.41, 5.74) is -0.204. The van der Waals surface area contributed by atoms with E-state index in [9.17, 15) is 13.2 Å². The molecule has 0 amide bonds. The maximum Gasteiger partial charge on any atom is 0.352 e. The van der Waals surface area contributed by atoms with Gasteiger partial charge in [-0.25, -0.2) is 18.2 Å². The lowest BCUT2D eigenvalue weighted by molar-refractivity contribution is 0.0691. The van der Waals surface area contributed by atoms with Crippen LogP contribution in [0.3, 0.4) is 0 Å². The van der Waals surface area contributed by atoms with Crippen LogP contribution in [0.1, 0.15) is 35.1 Å². The first-order chi connectivity index (χ1) is 9.29. The number of H-pyrrole nitrogens is 1. The number of hydrogen-bond acceptors (Lipinski definition) is 5. The maximum absolute atomic E-state index is 12.1. The Kier molecular flexibility index (Phi) is 3.64. The molecule has 2 rings (SSSR count). The molecule has 3 N–H and O–H groups in total. The summed E-state index contributed by atoms with van der Waals surface area (Å²) in [6, 6.07) is 0.370. The molecule has 0 saturated heterocycles. The lowest BCUT2D eigenvalue weighted by atomic mass is 10.4. The van der Waals surface area contributed by atoms with Crippen LogP contribution in [0.25, 0.3) is 0 Å². The van der Waals surface area contributed by atoms with E-state index in [4.69, 9.17) is 9.52 Å². The van der Waals surface area contributed by atoms with Crippen LogP contribution in [0.2, 0.25) is 0 Å². The second-order valence-electron chi connectivity index (χ2n) is 4.21. The molecule has 8 nitrogen and oxygen atoms in total. The summed E-state index contributed by atoms with van der Waals surface area (Å²) in [5, 5.41) is 8.76. The number of nitrogens with one attached hydrogen (secondary N) is 2. The molecule has 1 unspecified atom stereocenters. The number of oxazole rings is 1. The molecular weight excluding hydrogens is 286 g/mol. The first-order valence-corrected chi connectivity index (χ1v) is 7.14. The highest BCUT2D eigenvalue weighted by Gasteiger charge is 2.23. The van der Waals surface area contributed by atoms with Crippen molar-refractivity contribution in [2.24, 2.45) is 0 Å². The molecule has 0 aliphatic carbocycles. The SMILES string of the molecule is Cc1cnc(C(C)NS(=O)(=O)c2c[nH]c(C(=O)O)c2)o1. The summed E-state index contributed by atoms with van der Waals surface area (Å²) in [6.45, 7) is 3.27. The van der Waals surface area contributed by atoms with Gasteiger partial charge >= 0.3 is 5.97 Å². The molecule has 20 heavy (non-hydrogen) atoms. The van der Waals surface area contributed by atoms with Gasteiger partial charge in [-0.15, -0.1) is 0 Å². The van der Waals surface area contributed by atoms with Crippen molar-refractivity contribution in [2.45, 2.75) is 24.8 Å². The quantitative estimate of drug-likeness (QED) is 0.757. The van der Waals surface area contributed by atoms with Crippen molar-refractivity contribution in [2.75, 3.05) is 0 Å². The second-order valence-corrected chi connectivity index (χ2v) is 5.92.